The third-order valence-corrected chi connectivity index (χ3v) is 3.02. The first kappa shape index (κ1) is 10.7. The van der Waals surface area contributed by atoms with E-state index in [1.54, 1.807) is 0 Å². The molecule has 1 aliphatic heterocycles. The van der Waals surface area contributed by atoms with Gasteiger partial charge >= 0.3 is 0 Å². The molecule has 1 N–H and O–H groups in total. The van der Waals surface area contributed by atoms with Crippen molar-refractivity contribution in [1.82, 2.24) is 0 Å². The van der Waals surface area contributed by atoms with Crippen LogP contribution < -0.4 is 0 Å². The Morgan fingerprint density at radius 3 is 2.73 bits per heavy atom. The molecule has 2 heteroatoms. The zero-order chi connectivity index (χ0) is 10.6. The summed E-state index contributed by atoms with van der Waals surface area (Å²) in [4.78, 5) is 0. The van der Waals surface area contributed by atoms with E-state index >= 15 is 0 Å². The molecule has 0 aliphatic carbocycles. The van der Waals surface area contributed by atoms with E-state index < -0.39 is 5.60 Å². The maximum Gasteiger partial charge on any atom is 0.0710 e. The van der Waals surface area contributed by atoms with Crippen LogP contribution in [0, 0.1) is 0 Å². The van der Waals surface area contributed by atoms with Gasteiger partial charge in [0.25, 0.3) is 0 Å². The van der Waals surface area contributed by atoms with Gasteiger partial charge in [-0.2, -0.15) is 0 Å². The molecular weight excluding hydrogens is 188 g/mol. The minimum absolute atomic E-state index is 0.558. The normalized spacial score (nSPS) is 27.3. The van der Waals surface area contributed by atoms with E-state index in [0.717, 1.165) is 32.3 Å². The molecule has 1 fully saturated rings. The van der Waals surface area contributed by atoms with Crippen LogP contribution in [-0.4, -0.2) is 23.9 Å². The standard InChI is InChI=1S/C13H18O2/c14-13(7-4-9-15-10-8-13)11-12-5-2-1-3-6-12/h1-3,5-6,14H,4,7-11H2. The zero-order valence-electron chi connectivity index (χ0n) is 8.98. The number of hydrogen-bond donors (Lipinski definition) is 1. The van der Waals surface area contributed by atoms with Gasteiger partial charge in [0.1, 0.15) is 0 Å². The van der Waals surface area contributed by atoms with Crippen LogP contribution in [0.1, 0.15) is 24.8 Å². The summed E-state index contributed by atoms with van der Waals surface area (Å²) in [5.41, 5.74) is 0.652. The molecule has 2 nitrogen and oxygen atoms in total. The van der Waals surface area contributed by atoms with Gasteiger partial charge in [-0.25, -0.2) is 0 Å². The summed E-state index contributed by atoms with van der Waals surface area (Å²) >= 11 is 0. The molecule has 1 atom stereocenters. The highest BCUT2D eigenvalue weighted by atomic mass is 16.5. The third kappa shape index (κ3) is 3.05. The van der Waals surface area contributed by atoms with Crippen molar-refractivity contribution < 1.29 is 9.84 Å². The molecule has 0 spiro atoms. The Morgan fingerprint density at radius 1 is 1.13 bits per heavy atom. The fourth-order valence-electron chi connectivity index (χ4n) is 2.15. The second kappa shape index (κ2) is 4.77. The van der Waals surface area contributed by atoms with E-state index in [1.807, 2.05) is 18.2 Å². The van der Waals surface area contributed by atoms with E-state index in [2.05, 4.69) is 12.1 Å². The third-order valence-electron chi connectivity index (χ3n) is 3.02. The first-order valence-corrected chi connectivity index (χ1v) is 5.63. The molecule has 1 saturated heterocycles. The molecule has 1 heterocycles. The Labute approximate surface area is 90.9 Å². The number of benzene rings is 1. The van der Waals surface area contributed by atoms with Crippen LogP contribution in [0.2, 0.25) is 0 Å². The Bertz CT molecular complexity index is 287. The van der Waals surface area contributed by atoms with Gasteiger partial charge in [0, 0.05) is 19.6 Å². The van der Waals surface area contributed by atoms with Gasteiger partial charge in [-0.1, -0.05) is 30.3 Å². The van der Waals surface area contributed by atoms with E-state index in [4.69, 9.17) is 4.74 Å². The second-order valence-electron chi connectivity index (χ2n) is 4.35. The van der Waals surface area contributed by atoms with Crippen molar-refractivity contribution in [3.05, 3.63) is 35.9 Å². The fourth-order valence-corrected chi connectivity index (χ4v) is 2.15. The monoisotopic (exact) mass is 206 g/mol. The fraction of sp³-hybridized carbons (Fsp3) is 0.538. The highest BCUT2D eigenvalue weighted by Crippen LogP contribution is 2.25. The maximum atomic E-state index is 10.4. The quantitative estimate of drug-likeness (QED) is 0.803. The lowest BCUT2D eigenvalue weighted by atomic mass is 9.88. The molecule has 1 unspecified atom stereocenters. The van der Waals surface area contributed by atoms with Crippen LogP contribution in [0.15, 0.2) is 30.3 Å². The van der Waals surface area contributed by atoms with Crippen LogP contribution >= 0.6 is 0 Å². The van der Waals surface area contributed by atoms with E-state index in [-0.39, 0.29) is 0 Å². The van der Waals surface area contributed by atoms with Gasteiger partial charge in [0.2, 0.25) is 0 Å². The van der Waals surface area contributed by atoms with Gasteiger partial charge in [-0.15, -0.1) is 0 Å². The molecule has 1 aliphatic rings. The molecule has 2 rings (SSSR count). The minimum Gasteiger partial charge on any atom is -0.389 e. The molecule has 0 aromatic heterocycles. The summed E-state index contributed by atoms with van der Waals surface area (Å²) in [6.45, 7) is 1.47. The van der Waals surface area contributed by atoms with Gasteiger partial charge in [0.05, 0.1) is 5.60 Å². The SMILES string of the molecule is OC1(Cc2ccccc2)CCCOCC1. The summed E-state index contributed by atoms with van der Waals surface area (Å²) < 4.78 is 5.37. The average Bonchev–Trinajstić information content (AvgIpc) is 2.45. The van der Waals surface area contributed by atoms with Crippen molar-refractivity contribution in [3.8, 4) is 0 Å². The van der Waals surface area contributed by atoms with Crippen molar-refractivity contribution >= 4 is 0 Å². The largest absolute Gasteiger partial charge is 0.389 e. The van der Waals surface area contributed by atoms with Gasteiger partial charge < -0.3 is 9.84 Å². The van der Waals surface area contributed by atoms with Crippen LogP contribution in [0.25, 0.3) is 0 Å². The number of aliphatic hydroxyl groups is 1. The molecule has 0 saturated carbocycles. The molecule has 82 valence electrons. The number of hydrogen-bond acceptors (Lipinski definition) is 2. The predicted octanol–water partition coefficient (Wildman–Crippen LogP) is 2.16. The molecular formula is C13H18O2. The van der Waals surface area contributed by atoms with Crippen molar-refractivity contribution in [2.75, 3.05) is 13.2 Å². The lowest BCUT2D eigenvalue weighted by Gasteiger charge is -2.25. The molecule has 15 heavy (non-hydrogen) atoms. The summed E-state index contributed by atoms with van der Waals surface area (Å²) in [5, 5.41) is 10.4. The van der Waals surface area contributed by atoms with Crippen molar-refractivity contribution in [3.63, 3.8) is 0 Å². The molecule has 0 bridgehead atoms. The van der Waals surface area contributed by atoms with Crippen LogP contribution in [0.5, 0.6) is 0 Å². The van der Waals surface area contributed by atoms with E-state index in [1.165, 1.54) is 5.56 Å². The van der Waals surface area contributed by atoms with Gasteiger partial charge in [0.15, 0.2) is 0 Å². The average molecular weight is 206 g/mol. The topological polar surface area (TPSA) is 29.5 Å². The summed E-state index contributed by atoms with van der Waals surface area (Å²) in [6, 6.07) is 10.2. The number of rotatable bonds is 2. The van der Waals surface area contributed by atoms with Crippen LogP contribution in [0.3, 0.4) is 0 Å². The van der Waals surface area contributed by atoms with Gasteiger partial charge in [-0.3, -0.25) is 0 Å². The summed E-state index contributed by atoms with van der Waals surface area (Å²) in [7, 11) is 0. The Kier molecular flexibility index (Phi) is 3.39. The highest BCUT2D eigenvalue weighted by Gasteiger charge is 2.28. The number of ether oxygens (including phenoxy) is 1. The van der Waals surface area contributed by atoms with Crippen LogP contribution in [0.4, 0.5) is 0 Å². The Hall–Kier alpha value is -0.860. The van der Waals surface area contributed by atoms with Crippen molar-refractivity contribution in [2.24, 2.45) is 0 Å². The van der Waals surface area contributed by atoms with E-state index in [9.17, 15) is 5.11 Å². The van der Waals surface area contributed by atoms with Crippen molar-refractivity contribution in [1.29, 1.82) is 0 Å². The summed E-state index contributed by atoms with van der Waals surface area (Å²) in [5.74, 6) is 0. The minimum atomic E-state index is -0.558. The van der Waals surface area contributed by atoms with E-state index in [0.29, 0.717) is 6.61 Å². The Morgan fingerprint density at radius 2 is 1.93 bits per heavy atom. The molecule has 1 aromatic carbocycles. The lowest BCUT2D eigenvalue weighted by Crippen LogP contribution is -2.31. The first-order chi connectivity index (χ1) is 7.29. The predicted molar refractivity (Wildman–Crippen MR) is 59.8 cm³/mol. The Balaban J connectivity index is 2.02. The summed E-state index contributed by atoms with van der Waals surface area (Å²) in [6.07, 6.45) is 3.31. The lowest BCUT2D eigenvalue weighted by molar-refractivity contribution is 0.0189. The molecule has 0 amide bonds. The molecule has 1 aromatic rings. The second-order valence-corrected chi connectivity index (χ2v) is 4.35. The zero-order valence-corrected chi connectivity index (χ0v) is 8.98. The molecule has 0 radical (unpaired) electrons. The maximum absolute atomic E-state index is 10.4. The van der Waals surface area contributed by atoms with Crippen LogP contribution in [-0.2, 0) is 11.2 Å². The first-order valence-electron chi connectivity index (χ1n) is 5.63. The van der Waals surface area contributed by atoms with Gasteiger partial charge in [-0.05, 0) is 24.8 Å². The smallest absolute Gasteiger partial charge is 0.0710 e. The highest BCUT2D eigenvalue weighted by molar-refractivity contribution is 5.17. The van der Waals surface area contributed by atoms with Crippen molar-refractivity contribution in [2.45, 2.75) is 31.3 Å².